The van der Waals surface area contributed by atoms with E-state index in [0.29, 0.717) is 11.1 Å². The van der Waals surface area contributed by atoms with Crippen molar-refractivity contribution < 1.29 is 9.90 Å². The maximum atomic E-state index is 13.0. The number of aliphatic hydroxyl groups is 1. The Morgan fingerprint density at radius 2 is 1.46 bits per heavy atom. The standard InChI is InChI=1S/C21H17NO2/c1-22(2)15-11-9-14(10-12-15)19-20(23)16-7-3-5-13-6-4-8-17(18(13)16)21(19)24/h3-12,23H,1-2H3. The van der Waals surface area contributed by atoms with E-state index < -0.39 is 0 Å². The molecule has 3 nitrogen and oxygen atoms in total. The summed E-state index contributed by atoms with van der Waals surface area (Å²) in [4.78, 5) is 15.0. The number of benzene rings is 3. The third-order valence-corrected chi connectivity index (χ3v) is 4.54. The van der Waals surface area contributed by atoms with Gasteiger partial charge in [0, 0.05) is 36.3 Å². The second kappa shape index (κ2) is 5.24. The van der Waals surface area contributed by atoms with Crippen molar-refractivity contribution in [2.24, 2.45) is 0 Å². The van der Waals surface area contributed by atoms with E-state index in [1.165, 1.54) is 0 Å². The number of hydrogen-bond acceptors (Lipinski definition) is 3. The van der Waals surface area contributed by atoms with Crippen molar-refractivity contribution >= 4 is 33.6 Å². The second-order valence-electron chi connectivity index (χ2n) is 6.20. The zero-order valence-electron chi connectivity index (χ0n) is 13.6. The highest BCUT2D eigenvalue weighted by molar-refractivity contribution is 6.39. The molecule has 0 spiro atoms. The predicted molar refractivity (Wildman–Crippen MR) is 98.5 cm³/mol. The van der Waals surface area contributed by atoms with Crippen LogP contribution in [0.1, 0.15) is 21.5 Å². The topological polar surface area (TPSA) is 40.5 Å². The number of ketones is 1. The highest BCUT2D eigenvalue weighted by Crippen LogP contribution is 2.39. The minimum absolute atomic E-state index is 0.0573. The summed E-state index contributed by atoms with van der Waals surface area (Å²) < 4.78 is 0. The van der Waals surface area contributed by atoms with Gasteiger partial charge >= 0.3 is 0 Å². The van der Waals surface area contributed by atoms with E-state index in [-0.39, 0.29) is 11.5 Å². The van der Waals surface area contributed by atoms with Gasteiger partial charge in [0.05, 0.1) is 5.57 Å². The van der Waals surface area contributed by atoms with Gasteiger partial charge in [-0.2, -0.15) is 0 Å². The molecule has 0 fully saturated rings. The lowest BCUT2D eigenvalue weighted by Gasteiger charge is -2.20. The van der Waals surface area contributed by atoms with Crippen molar-refractivity contribution in [1.29, 1.82) is 0 Å². The molecule has 3 heteroatoms. The Balaban J connectivity index is 1.96. The summed E-state index contributed by atoms with van der Waals surface area (Å²) >= 11 is 0. The largest absolute Gasteiger partial charge is 0.507 e. The second-order valence-corrected chi connectivity index (χ2v) is 6.20. The molecule has 1 aliphatic rings. The normalized spacial score (nSPS) is 13.5. The number of Topliss-reactive ketones (excluding diaryl/α,β-unsaturated/α-hetero) is 1. The van der Waals surface area contributed by atoms with Crippen LogP contribution in [0.5, 0.6) is 0 Å². The van der Waals surface area contributed by atoms with E-state index >= 15 is 0 Å². The van der Waals surface area contributed by atoms with Gasteiger partial charge in [-0.3, -0.25) is 4.79 Å². The van der Waals surface area contributed by atoms with Gasteiger partial charge in [-0.05, 0) is 23.1 Å². The molecular weight excluding hydrogens is 298 g/mol. The minimum atomic E-state index is -0.130. The van der Waals surface area contributed by atoms with Crippen molar-refractivity contribution in [2.45, 2.75) is 0 Å². The summed E-state index contributed by atoms with van der Waals surface area (Å²) in [5.74, 6) is -0.0729. The number of rotatable bonds is 2. The zero-order valence-corrected chi connectivity index (χ0v) is 13.6. The number of anilines is 1. The lowest BCUT2D eigenvalue weighted by molar-refractivity contribution is 0.105. The Labute approximate surface area is 140 Å². The third kappa shape index (κ3) is 2.02. The highest BCUT2D eigenvalue weighted by atomic mass is 16.3. The number of carbonyl (C=O) groups excluding carboxylic acids is 1. The molecule has 0 heterocycles. The maximum Gasteiger partial charge on any atom is 0.198 e. The average Bonchev–Trinajstić information content (AvgIpc) is 2.60. The van der Waals surface area contributed by atoms with Crippen LogP contribution in [-0.4, -0.2) is 25.0 Å². The maximum absolute atomic E-state index is 13.0. The Bertz CT molecular complexity index is 993. The Morgan fingerprint density at radius 1 is 0.833 bits per heavy atom. The third-order valence-electron chi connectivity index (χ3n) is 4.54. The first kappa shape index (κ1) is 14.5. The number of carbonyl (C=O) groups is 1. The van der Waals surface area contributed by atoms with Crippen LogP contribution < -0.4 is 4.90 Å². The number of aliphatic hydroxyl groups excluding tert-OH is 1. The van der Waals surface area contributed by atoms with Crippen molar-refractivity contribution in [2.75, 3.05) is 19.0 Å². The van der Waals surface area contributed by atoms with Crippen LogP contribution in [0.4, 0.5) is 5.69 Å². The van der Waals surface area contributed by atoms with Crippen LogP contribution in [0.15, 0.2) is 60.7 Å². The van der Waals surface area contributed by atoms with Gasteiger partial charge in [0.2, 0.25) is 0 Å². The van der Waals surface area contributed by atoms with Gasteiger partial charge in [0.15, 0.2) is 5.78 Å². The first-order chi connectivity index (χ1) is 11.6. The molecule has 4 rings (SSSR count). The average molecular weight is 315 g/mol. The summed E-state index contributed by atoms with van der Waals surface area (Å²) in [6.45, 7) is 0. The van der Waals surface area contributed by atoms with Crippen LogP contribution in [0.2, 0.25) is 0 Å². The predicted octanol–water partition coefficient (Wildman–Crippen LogP) is 4.53. The fraction of sp³-hybridized carbons (Fsp3) is 0.0952. The van der Waals surface area contributed by atoms with Gasteiger partial charge in [0.1, 0.15) is 5.76 Å². The van der Waals surface area contributed by atoms with Crippen LogP contribution in [0.25, 0.3) is 22.1 Å². The molecule has 0 unspecified atom stereocenters. The molecule has 0 saturated heterocycles. The van der Waals surface area contributed by atoms with E-state index in [9.17, 15) is 9.90 Å². The van der Waals surface area contributed by atoms with Gasteiger partial charge in [-0.25, -0.2) is 0 Å². The van der Waals surface area contributed by atoms with E-state index in [1.54, 1.807) is 0 Å². The molecule has 1 aliphatic carbocycles. The van der Waals surface area contributed by atoms with Crippen LogP contribution in [-0.2, 0) is 0 Å². The first-order valence-corrected chi connectivity index (χ1v) is 7.86. The summed E-state index contributed by atoms with van der Waals surface area (Å²) in [7, 11) is 3.93. The fourth-order valence-corrected chi connectivity index (χ4v) is 3.30. The van der Waals surface area contributed by atoms with Gasteiger partial charge in [-0.15, -0.1) is 0 Å². The van der Waals surface area contributed by atoms with Crippen LogP contribution >= 0.6 is 0 Å². The molecule has 0 saturated carbocycles. The molecule has 118 valence electrons. The lowest BCUT2D eigenvalue weighted by Crippen LogP contribution is -2.12. The summed E-state index contributed by atoms with van der Waals surface area (Å²) in [5, 5.41) is 12.6. The fourth-order valence-electron chi connectivity index (χ4n) is 3.30. The molecule has 3 aromatic rings. The molecule has 24 heavy (non-hydrogen) atoms. The molecule has 0 aliphatic heterocycles. The lowest BCUT2D eigenvalue weighted by atomic mass is 9.84. The minimum Gasteiger partial charge on any atom is -0.507 e. The molecule has 3 aromatic carbocycles. The molecule has 0 bridgehead atoms. The van der Waals surface area contributed by atoms with E-state index in [2.05, 4.69) is 0 Å². The summed E-state index contributed by atoms with van der Waals surface area (Å²) in [6.07, 6.45) is 0. The molecule has 0 aromatic heterocycles. The van der Waals surface area contributed by atoms with Gasteiger partial charge in [-0.1, -0.05) is 48.5 Å². The zero-order chi connectivity index (χ0) is 16.8. The van der Waals surface area contributed by atoms with Gasteiger partial charge in [0.25, 0.3) is 0 Å². The Morgan fingerprint density at radius 3 is 2.08 bits per heavy atom. The smallest absolute Gasteiger partial charge is 0.198 e. The Hall–Kier alpha value is -3.07. The summed E-state index contributed by atoms with van der Waals surface area (Å²) in [6, 6.07) is 19.1. The first-order valence-electron chi connectivity index (χ1n) is 7.86. The van der Waals surface area contributed by atoms with Crippen LogP contribution in [0.3, 0.4) is 0 Å². The number of hydrogen-bond donors (Lipinski definition) is 1. The monoisotopic (exact) mass is 315 g/mol. The molecule has 0 amide bonds. The molecular formula is C21H17NO2. The van der Waals surface area contributed by atoms with E-state index in [4.69, 9.17) is 0 Å². The summed E-state index contributed by atoms with van der Waals surface area (Å²) in [5.41, 5.74) is 3.51. The van der Waals surface area contributed by atoms with Crippen molar-refractivity contribution in [3.05, 3.63) is 77.4 Å². The highest BCUT2D eigenvalue weighted by Gasteiger charge is 2.28. The quantitative estimate of drug-likeness (QED) is 0.755. The van der Waals surface area contributed by atoms with Gasteiger partial charge < -0.3 is 10.0 Å². The van der Waals surface area contributed by atoms with Crippen LogP contribution in [0, 0.1) is 0 Å². The van der Waals surface area contributed by atoms with E-state index in [0.717, 1.165) is 27.6 Å². The molecule has 1 N–H and O–H groups in total. The Kier molecular flexibility index (Phi) is 3.17. The SMILES string of the molecule is CN(C)c1ccc(C2=C(O)c3cccc4cccc(c34)C2=O)cc1. The van der Waals surface area contributed by atoms with Crippen molar-refractivity contribution in [3.8, 4) is 0 Å². The number of nitrogens with zero attached hydrogens (tertiary/aromatic N) is 1. The van der Waals surface area contributed by atoms with E-state index in [1.807, 2.05) is 79.7 Å². The number of allylic oxidation sites excluding steroid dienone is 1. The molecule has 0 radical (unpaired) electrons. The molecule has 0 atom stereocenters. The van der Waals surface area contributed by atoms with Crippen molar-refractivity contribution in [3.63, 3.8) is 0 Å². The van der Waals surface area contributed by atoms with Crippen molar-refractivity contribution in [1.82, 2.24) is 0 Å².